The number of nitrogens with zero attached hydrogens (tertiary/aromatic N) is 2. The fourth-order valence-corrected chi connectivity index (χ4v) is 1.27. The molecule has 78 valence electrons. The lowest BCUT2D eigenvalue weighted by Gasteiger charge is -2.22. The molecule has 0 unspecified atom stereocenters. The molecule has 0 aromatic rings. The van der Waals surface area contributed by atoms with Crippen LogP contribution in [0.5, 0.6) is 0 Å². The van der Waals surface area contributed by atoms with Crippen LogP contribution >= 0.6 is 12.6 Å². The van der Waals surface area contributed by atoms with Crippen molar-refractivity contribution >= 4 is 12.6 Å². The molecule has 14 heavy (non-hydrogen) atoms. The summed E-state index contributed by atoms with van der Waals surface area (Å²) in [4.78, 5) is 2.37. The number of nitriles is 1. The number of hydrogen-bond donors (Lipinski definition) is 1. The number of hydrogen-bond acceptors (Lipinski definition) is 3. The van der Waals surface area contributed by atoms with Gasteiger partial charge in [-0.1, -0.05) is 37.6 Å². The Morgan fingerprint density at radius 1 is 1.64 bits per heavy atom. The molecular weight excluding hydrogens is 192 g/mol. The lowest BCUT2D eigenvalue weighted by Crippen LogP contribution is -2.22. The summed E-state index contributed by atoms with van der Waals surface area (Å²) < 4.78 is 0. The molecule has 0 radical (unpaired) electrons. The van der Waals surface area contributed by atoms with Gasteiger partial charge < -0.3 is 4.90 Å². The van der Waals surface area contributed by atoms with Gasteiger partial charge >= 0.3 is 0 Å². The number of rotatable bonds is 3. The van der Waals surface area contributed by atoms with Gasteiger partial charge in [-0.2, -0.15) is 5.26 Å². The third kappa shape index (κ3) is 6.62. The van der Waals surface area contributed by atoms with E-state index in [-0.39, 0.29) is 0 Å². The molecule has 0 aromatic heterocycles. The van der Waals surface area contributed by atoms with Gasteiger partial charge in [0.2, 0.25) is 0 Å². The standard InChI is InChI=1S/C10H17N.CHNS/c1-3-4-7-11-8-5-6-10(2)9-11;2-1-3/h5-6,8H,3-4,7,9H2,1-2H3;3H. The maximum atomic E-state index is 7.18. The summed E-state index contributed by atoms with van der Waals surface area (Å²) in [5.41, 5.74) is 1.46. The van der Waals surface area contributed by atoms with E-state index in [0.29, 0.717) is 0 Å². The largest absolute Gasteiger partial charge is 0.373 e. The van der Waals surface area contributed by atoms with Crippen molar-refractivity contribution in [3.63, 3.8) is 0 Å². The molecule has 1 heterocycles. The molecule has 2 nitrogen and oxygen atoms in total. The molecule has 0 N–H and O–H groups in total. The van der Waals surface area contributed by atoms with E-state index >= 15 is 0 Å². The first-order valence-corrected chi connectivity index (χ1v) is 5.30. The van der Waals surface area contributed by atoms with Crippen LogP contribution in [0.1, 0.15) is 26.7 Å². The van der Waals surface area contributed by atoms with Gasteiger partial charge in [-0.15, -0.1) is 0 Å². The summed E-state index contributed by atoms with van der Waals surface area (Å²) in [6.07, 6.45) is 9.09. The van der Waals surface area contributed by atoms with Gasteiger partial charge in [0.25, 0.3) is 0 Å². The molecule has 3 heteroatoms. The van der Waals surface area contributed by atoms with E-state index in [9.17, 15) is 0 Å². The van der Waals surface area contributed by atoms with Crippen molar-refractivity contribution in [2.75, 3.05) is 13.1 Å². The summed E-state index contributed by atoms with van der Waals surface area (Å²) in [5, 5.41) is 8.63. The molecule has 0 atom stereocenters. The Kier molecular flexibility index (Phi) is 8.16. The Hall–Kier alpha value is -0.880. The van der Waals surface area contributed by atoms with Crippen molar-refractivity contribution in [3.05, 3.63) is 23.9 Å². The first-order chi connectivity index (χ1) is 6.74. The Morgan fingerprint density at radius 2 is 2.29 bits per heavy atom. The monoisotopic (exact) mass is 210 g/mol. The van der Waals surface area contributed by atoms with E-state index in [1.807, 2.05) is 0 Å². The van der Waals surface area contributed by atoms with Crippen molar-refractivity contribution in [1.29, 1.82) is 5.26 Å². The lowest BCUT2D eigenvalue weighted by molar-refractivity contribution is 0.392. The molecule has 0 saturated heterocycles. The first-order valence-electron chi connectivity index (χ1n) is 4.85. The van der Waals surface area contributed by atoms with Crippen LogP contribution in [0.4, 0.5) is 0 Å². The second-order valence-electron chi connectivity index (χ2n) is 3.28. The van der Waals surface area contributed by atoms with Crippen molar-refractivity contribution in [2.24, 2.45) is 0 Å². The van der Waals surface area contributed by atoms with Crippen LogP contribution in [-0.4, -0.2) is 18.0 Å². The van der Waals surface area contributed by atoms with E-state index in [1.165, 1.54) is 30.4 Å². The molecule has 0 amide bonds. The third-order valence-corrected chi connectivity index (χ3v) is 1.93. The molecule has 1 rings (SSSR count). The molecule has 0 bridgehead atoms. The molecule has 0 aliphatic carbocycles. The summed E-state index contributed by atoms with van der Waals surface area (Å²) in [5.74, 6) is 0. The maximum Gasteiger partial charge on any atom is 0.130 e. The van der Waals surface area contributed by atoms with Gasteiger partial charge in [-0.25, -0.2) is 0 Å². The number of unbranched alkanes of at least 4 members (excludes halogenated alkanes) is 1. The Labute approximate surface area is 92.3 Å². The minimum atomic E-state index is 1.12. The molecule has 1 aliphatic heterocycles. The topological polar surface area (TPSA) is 27.0 Å². The van der Waals surface area contributed by atoms with Crippen LogP contribution in [0, 0.1) is 10.7 Å². The van der Waals surface area contributed by atoms with E-state index in [1.54, 1.807) is 0 Å². The normalized spacial score (nSPS) is 13.9. The zero-order chi connectivity index (χ0) is 10.8. The SMILES string of the molecule is CCCCN1C=CC=C(C)C1.N#CS. The molecular formula is C11H18N2S. The van der Waals surface area contributed by atoms with Crippen LogP contribution in [0.2, 0.25) is 0 Å². The summed E-state index contributed by atoms with van der Waals surface area (Å²) in [6.45, 7) is 6.74. The maximum absolute atomic E-state index is 7.18. The second-order valence-corrected chi connectivity index (χ2v) is 3.48. The number of thiol groups is 1. The minimum Gasteiger partial charge on any atom is -0.373 e. The molecule has 0 spiro atoms. The fraction of sp³-hybridized carbons (Fsp3) is 0.545. The highest BCUT2D eigenvalue weighted by atomic mass is 32.1. The second kappa shape index (κ2) is 8.71. The average Bonchev–Trinajstić information content (AvgIpc) is 2.16. The fourth-order valence-electron chi connectivity index (χ4n) is 1.27. The van der Waals surface area contributed by atoms with Gasteiger partial charge in [-0.3, -0.25) is 0 Å². The Balaban J connectivity index is 0.000000500. The lowest BCUT2D eigenvalue weighted by atomic mass is 10.2. The zero-order valence-corrected chi connectivity index (χ0v) is 9.80. The Bertz CT molecular complexity index is 238. The van der Waals surface area contributed by atoms with Crippen molar-refractivity contribution in [3.8, 4) is 5.40 Å². The van der Waals surface area contributed by atoms with E-state index in [2.05, 4.69) is 49.7 Å². The smallest absolute Gasteiger partial charge is 0.130 e. The summed E-state index contributed by atoms with van der Waals surface area (Å²) in [6, 6.07) is 0. The predicted octanol–water partition coefficient (Wildman–Crippen LogP) is 2.96. The highest BCUT2D eigenvalue weighted by molar-refractivity contribution is 7.85. The van der Waals surface area contributed by atoms with Gasteiger partial charge in [0.15, 0.2) is 0 Å². The van der Waals surface area contributed by atoms with Crippen LogP contribution in [0.3, 0.4) is 0 Å². The van der Waals surface area contributed by atoms with Gasteiger partial charge in [0.05, 0.1) is 0 Å². The first kappa shape index (κ1) is 13.1. The van der Waals surface area contributed by atoms with Crippen LogP contribution in [0.15, 0.2) is 23.9 Å². The van der Waals surface area contributed by atoms with Gasteiger partial charge in [0, 0.05) is 13.1 Å². The van der Waals surface area contributed by atoms with E-state index < -0.39 is 0 Å². The van der Waals surface area contributed by atoms with E-state index in [0.717, 1.165) is 6.54 Å². The highest BCUT2D eigenvalue weighted by Crippen LogP contribution is 2.06. The predicted molar refractivity (Wildman–Crippen MR) is 64.0 cm³/mol. The molecule has 0 aromatic carbocycles. The van der Waals surface area contributed by atoms with Crippen molar-refractivity contribution < 1.29 is 0 Å². The third-order valence-electron chi connectivity index (χ3n) is 1.93. The van der Waals surface area contributed by atoms with E-state index in [4.69, 9.17) is 5.26 Å². The van der Waals surface area contributed by atoms with Crippen LogP contribution in [-0.2, 0) is 0 Å². The number of thiocyanates is 1. The summed E-state index contributed by atoms with van der Waals surface area (Å²) in [7, 11) is 0. The van der Waals surface area contributed by atoms with Gasteiger partial charge in [-0.05, 0) is 25.6 Å². The highest BCUT2D eigenvalue weighted by Gasteiger charge is 2.01. The molecule has 0 saturated carbocycles. The van der Waals surface area contributed by atoms with Crippen LogP contribution < -0.4 is 0 Å². The molecule has 0 fully saturated rings. The minimum absolute atomic E-state index is 1.12. The quantitative estimate of drug-likeness (QED) is 0.573. The van der Waals surface area contributed by atoms with Gasteiger partial charge in [0.1, 0.15) is 5.40 Å². The average molecular weight is 210 g/mol. The van der Waals surface area contributed by atoms with Crippen molar-refractivity contribution in [1.82, 2.24) is 4.90 Å². The summed E-state index contributed by atoms with van der Waals surface area (Å²) >= 11 is 3.09. The van der Waals surface area contributed by atoms with Crippen LogP contribution in [0.25, 0.3) is 0 Å². The molecule has 1 aliphatic rings. The zero-order valence-electron chi connectivity index (χ0n) is 8.90. The van der Waals surface area contributed by atoms with Crippen molar-refractivity contribution in [2.45, 2.75) is 26.7 Å². The Morgan fingerprint density at radius 3 is 2.79 bits per heavy atom. The number of allylic oxidation sites excluding steroid dienone is 2.